The highest BCUT2D eigenvalue weighted by Crippen LogP contribution is 2.32. The lowest BCUT2D eigenvalue weighted by molar-refractivity contribution is -0.114. The van der Waals surface area contributed by atoms with Crippen LogP contribution >= 0.6 is 11.8 Å². The van der Waals surface area contributed by atoms with Crippen molar-refractivity contribution in [2.75, 3.05) is 23.5 Å². The number of nitrogens with zero attached hydrogens (tertiary/aromatic N) is 3. The molecule has 0 saturated carbocycles. The van der Waals surface area contributed by atoms with Crippen molar-refractivity contribution in [1.82, 2.24) is 14.6 Å². The second-order valence-corrected chi connectivity index (χ2v) is 8.71. The van der Waals surface area contributed by atoms with Crippen molar-refractivity contribution in [3.63, 3.8) is 0 Å². The Hall–Kier alpha value is -3.85. The highest BCUT2D eigenvalue weighted by molar-refractivity contribution is 7.99. The summed E-state index contributed by atoms with van der Waals surface area (Å²) in [5, 5.41) is 10.9. The van der Waals surface area contributed by atoms with Gasteiger partial charge in [-0.2, -0.15) is 5.10 Å². The number of aromatic nitrogens is 3. The average molecular weight is 476 g/mol. The zero-order valence-corrected chi connectivity index (χ0v) is 20.2. The van der Waals surface area contributed by atoms with Crippen molar-refractivity contribution in [3.8, 4) is 17.0 Å². The van der Waals surface area contributed by atoms with Gasteiger partial charge in [-0.25, -0.2) is 9.50 Å². The quantitative estimate of drug-likeness (QED) is 0.376. The van der Waals surface area contributed by atoms with Crippen molar-refractivity contribution in [1.29, 1.82) is 0 Å². The molecule has 2 aromatic heterocycles. The molecule has 9 heteroatoms. The molecule has 34 heavy (non-hydrogen) atoms. The van der Waals surface area contributed by atoms with E-state index in [0.29, 0.717) is 22.3 Å². The Morgan fingerprint density at radius 1 is 1.06 bits per heavy atom. The molecule has 0 aliphatic heterocycles. The number of aryl methyl sites for hydroxylation is 2. The zero-order valence-electron chi connectivity index (χ0n) is 19.4. The van der Waals surface area contributed by atoms with E-state index in [1.54, 1.807) is 18.2 Å². The van der Waals surface area contributed by atoms with E-state index in [2.05, 4.69) is 15.7 Å². The highest BCUT2D eigenvalue weighted by atomic mass is 32.2. The van der Waals surface area contributed by atoms with Crippen molar-refractivity contribution in [2.45, 2.75) is 25.9 Å². The number of carbonyl (C=O) groups is 2. The van der Waals surface area contributed by atoms with Crippen LogP contribution in [0.3, 0.4) is 0 Å². The predicted octanol–water partition coefficient (Wildman–Crippen LogP) is 4.71. The maximum absolute atomic E-state index is 12.8. The molecule has 4 aromatic rings. The van der Waals surface area contributed by atoms with Crippen LogP contribution in [0, 0.1) is 13.8 Å². The van der Waals surface area contributed by atoms with Gasteiger partial charge in [-0.15, -0.1) is 0 Å². The second-order valence-electron chi connectivity index (χ2n) is 7.77. The van der Waals surface area contributed by atoms with E-state index in [-0.39, 0.29) is 17.6 Å². The number of ether oxygens (including phenoxy) is 1. The minimum atomic E-state index is -0.231. The first-order valence-electron chi connectivity index (χ1n) is 10.7. The van der Waals surface area contributed by atoms with Crippen molar-refractivity contribution in [2.24, 2.45) is 0 Å². The lowest BCUT2D eigenvalue weighted by atomic mass is 10.1. The van der Waals surface area contributed by atoms with Gasteiger partial charge < -0.3 is 15.4 Å². The number of thioether (sulfide) groups is 1. The molecule has 8 nitrogen and oxygen atoms in total. The van der Waals surface area contributed by atoms with Crippen LogP contribution in [0.2, 0.25) is 0 Å². The minimum Gasteiger partial charge on any atom is -0.495 e. The molecule has 2 amide bonds. The van der Waals surface area contributed by atoms with Crippen LogP contribution in [0.25, 0.3) is 16.8 Å². The van der Waals surface area contributed by atoms with Crippen molar-refractivity contribution >= 4 is 40.5 Å². The topological polar surface area (TPSA) is 97.6 Å². The largest absolute Gasteiger partial charge is 0.495 e. The summed E-state index contributed by atoms with van der Waals surface area (Å²) in [4.78, 5) is 29.0. The number of methoxy groups -OCH3 is 1. The fraction of sp³-hybridized carbons (Fsp3) is 0.200. The molecular weight excluding hydrogens is 450 g/mol. The minimum absolute atomic E-state index is 0.121. The second kappa shape index (κ2) is 9.96. The normalized spacial score (nSPS) is 10.8. The number of nitrogens with one attached hydrogen (secondary N) is 2. The predicted molar refractivity (Wildman–Crippen MR) is 135 cm³/mol. The van der Waals surface area contributed by atoms with Gasteiger partial charge in [0.15, 0.2) is 5.16 Å². The molecule has 2 aromatic carbocycles. The Kier molecular flexibility index (Phi) is 6.83. The van der Waals surface area contributed by atoms with Crippen LogP contribution in [0.15, 0.2) is 59.8 Å². The number of fused-ring (bicyclic) bond motifs is 1. The van der Waals surface area contributed by atoms with Gasteiger partial charge in [0.05, 0.1) is 35.5 Å². The molecule has 0 saturated heterocycles. The summed E-state index contributed by atoms with van der Waals surface area (Å²) >= 11 is 1.31. The van der Waals surface area contributed by atoms with Gasteiger partial charge >= 0.3 is 0 Å². The van der Waals surface area contributed by atoms with E-state index in [4.69, 9.17) is 9.72 Å². The fourth-order valence-corrected chi connectivity index (χ4v) is 4.44. The number of carbonyl (C=O) groups excluding carboxylic acids is 2. The molecule has 174 valence electrons. The van der Waals surface area contributed by atoms with E-state index >= 15 is 0 Å². The monoisotopic (exact) mass is 475 g/mol. The number of imidazole rings is 1. The lowest BCUT2D eigenvalue weighted by Gasteiger charge is -2.12. The first-order valence-corrected chi connectivity index (χ1v) is 11.6. The Labute approximate surface area is 201 Å². The fourth-order valence-electron chi connectivity index (χ4n) is 3.70. The molecule has 2 N–H and O–H groups in total. The maximum Gasteiger partial charge on any atom is 0.234 e. The zero-order chi connectivity index (χ0) is 24.2. The van der Waals surface area contributed by atoms with Gasteiger partial charge in [-0.1, -0.05) is 42.1 Å². The number of anilines is 2. The first-order chi connectivity index (χ1) is 16.4. The van der Waals surface area contributed by atoms with Crippen LogP contribution in [-0.2, 0) is 9.59 Å². The number of benzene rings is 2. The Bertz CT molecular complexity index is 1370. The molecule has 0 bridgehead atoms. The Morgan fingerprint density at radius 3 is 2.53 bits per heavy atom. The van der Waals surface area contributed by atoms with Crippen LogP contribution in [0.5, 0.6) is 5.75 Å². The number of hydrogen-bond donors (Lipinski definition) is 2. The molecular formula is C25H25N5O3S. The molecule has 0 fully saturated rings. The van der Waals surface area contributed by atoms with Crippen molar-refractivity contribution < 1.29 is 14.3 Å². The smallest absolute Gasteiger partial charge is 0.234 e. The van der Waals surface area contributed by atoms with Crippen LogP contribution < -0.4 is 15.4 Å². The number of hydrogen-bond acceptors (Lipinski definition) is 6. The standard InChI is InChI=1S/C25H25N5O3S/c1-15-12-16(2)29-30-24(15)23(18-8-6-5-7-9-18)28-25(30)34-14-22(32)27-20-13-19(26-17(3)31)10-11-21(20)33-4/h5-13H,14H2,1-4H3,(H,26,31)(H,27,32). The number of rotatable bonds is 7. The SMILES string of the molecule is COc1ccc(NC(C)=O)cc1NC(=O)CSc1nc(-c2ccccc2)c2c(C)cc(C)nn12. The van der Waals surface area contributed by atoms with E-state index in [1.165, 1.54) is 25.8 Å². The summed E-state index contributed by atoms with van der Waals surface area (Å²) < 4.78 is 7.15. The maximum atomic E-state index is 12.8. The highest BCUT2D eigenvalue weighted by Gasteiger charge is 2.18. The Morgan fingerprint density at radius 2 is 1.82 bits per heavy atom. The molecule has 0 spiro atoms. The third-order valence-corrected chi connectivity index (χ3v) is 5.98. The molecule has 0 unspecified atom stereocenters. The van der Waals surface area contributed by atoms with Gasteiger partial charge in [0.1, 0.15) is 5.75 Å². The third kappa shape index (κ3) is 5.04. The molecule has 0 aliphatic carbocycles. The lowest BCUT2D eigenvalue weighted by Crippen LogP contribution is -2.15. The van der Waals surface area contributed by atoms with Gasteiger partial charge in [0.2, 0.25) is 11.8 Å². The first kappa shape index (κ1) is 23.3. The molecule has 0 atom stereocenters. The molecule has 0 aliphatic rings. The van der Waals surface area contributed by atoms with Crippen LogP contribution in [0.1, 0.15) is 18.2 Å². The van der Waals surface area contributed by atoms with E-state index in [0.717, 1.165) is 28.0 Å². The summed E-state index contributed by atoms with van der Waals surface area (Å²) in [5.41, 5.74) is 5.72. The molecule has 0 radical (unpaired) electrons. The van der Waals surface area contributed by atoms with Crippen LogP contribution in [0.4, 0.5) is 11.4 Å². The van der Waals surface area contributed by atoms with Gasteiger partial charge in [-0.05, 0) is 43.7 Å². The van der Waals surface area contributed by atoms with E-state index in [1.807, 2.05) is 54.8 Å². The molecule has 2 heterocycles. The van der Waals surface area contributed by atoms with E-state index in [9.17, 15) is 9.59 Å². The average Bonchev–Trinajstić information content (AvgIpc) is 3.17. The van der Waals surface area contributed by atoms with Crippen molar-refractivity contribution in [3.05, 3.63) is 65.9 Å². The summed E-state index contributed by atoms with van der Waals surface area (Å²) in [5.74, 6) is 0.190. The van der Waals surface area contributed by atoms with Gasteiger partial charge in [-0.3, -0.25) is 9.59 Å². The summed E-state index contributed by atoms with van der Waals surface area (Å²) in [6.07, 6.45) is 0. The summed E-state index contributed by atoms with van der Waals surface area (Å²) in [6, 6.07) is 17.0. The Balaban J connectivity index is 1.58. The van der Waals surface area contributed by atoms with E-state index < -0.39 is 0 Å². The third-order valence-electron chi connectivity index (χ3n) is 5.05. The summed E-state index contributed by atoms with van der Waals surface area (Å²) in [6.45, 7) is 5.40. The number of amides is 2. The van der Waals surface area contributed by atoms with Crippen LogP contribution in [-0.4, -0.2) is 39.3 Å². The van der Waals surface area contributed by atoms with Gasteiger partial charge in [0, 0.05) is 18.2 Å². The molecule has 4 rings (SSSR count). The van der Waals surface area contributed by atoms with Gasteiger partial charge in [0.25, 0.3) is 0 Å². The summed E-state index contributed by atoms with van der Waals surface area (Å²) in [7, 11) is 1.52.